The Morgan fingerprint density at radius 3 is 2.67 bits per heavy atom. The highest BCUT2D eigenvalue weighted by Gasteiger charge is 2.37. The number of β-amino-alcohol motifs (C(OH)–C–C–N with tert-alkyl or cyclic N) is 1. The maximum atomic E-state index is 11.1. The Balaban J connectivity index is 1.27. The highest BCUT2D eigenvalue weighted by molar-refractivity contribution is 5.40. The Bertz CT molecular complexity index is 944. The van der Waals surface area contributed by atoms with Crippen molar-refractivity contribution < 1.29 is 9.84 Å². The maximum Gasteiger partial charge on any atom is 0.146 e. The van der Waals surface area contributed by atoms with Crippen LogP contribution in [0.1, 0.15) is 17.8 Å². The van der Waals surface area contributed by atoms with Crippen LogP contribution in [0.15, 0.2) is 61.1 Å². The number of anilines is 1. The lowest BCUT2D eigenvalue weighted by Gasteiger charge is -2.29. The molecule has 1 saturated heterocycles. The van der Waals surface area contributed by atoms with Gasteiger partial charge in [-0.3, -0.25) is 4.90 Å². The number of aryl methyl sites for hydroxylation is 1. The Hall–Kier alpha value is -2.90. The van der Waals surface area contributed by atoms with Crippen molar-refractivity contribution in [2.75, 3.05) is 31.6 Å². The van der Waals surface area contributed by atoms with Crippen molar-refractivity contribution in [3.8, 4) is 5.75 Å². The van der Waals surface area contributed by atoms with Crippen molar-refractivity contribution in [1.82, 2.24) is 19.4 Å². The van der Waals surface area contributed by atoms with Crippen LogP contribution in [-0.4, -0.2) is 56.8 Å². The topological polar surface area (TPSA) is 66.7 Å². The van der Waals surface area contributed by atoms with Crippen molar-refractivity contribution in [2.24, 2.45) is 7.05 Å². The summed E-state index contributed by atoms with van der Waals surface area (Å²) < 4.78 is 7.77. The van der Waals surface area contributed by atoms with Crippen LogP contribution >= 0.6 is 0 Å². The molecule has 0 radical (unpaired) electrons. The summed E-state index contributed by atoms with van der Waals surface area (Å²) in [5.74, 6) is 2.64. The maximum absolute atomic E-state index is 11.1. The van der Waals surface area contributed by atoms with E-state index < -0.39 is 5.60 Å². The average Bonchev–Trinajstić information content (AvgIpc) is 3.33. The molecule has 1 fully saturated rings. The third-order valence-corrected chi connectivity index (χ3v) is 5.53. The van der Waals surface area contributed by atoms with Crippen molar-refractivity contribution in [3.63, 3.8) is 0 Å². The van der Waals surface area contributed by atoms with Gasteiger partial charge < -0.3 is 19.3 Å². The Labute approximate surface area is 177 Å². The summed E-state index contributed by atoms with van der Waals surface area (Å²) in [7, 11) is 4.01. The number of hydrogen-bond acceptors (Lipinski definition) is 6. The second kappa shape index (κ2) is 8.85. The van der Waals surface area contributed by atoms with Gasteiger partial charge in [0.1, 0.15) is 24.0 Å². The number of likely N-dealkylation sites (N-methyl/N-ethyl adjacent to an activating group) is 1. The van der Waals surface area contributed by atoms with Gasteiger partial charge in [0.2, 0.25) is 0 Å². The van der Waals surface area contributed by atoms with Crippen LogP contribution in [0.4, 0.5) is 5.82 Å². The van der Waals surface area contributed by atoms with Crippen molar-refractivity contribution >= 4 is 5.82 Å². The van der Waals surface area contributed by atoms with Gasteiger partial charge in [-0.25, -0.2) is 9.97 Å². The fraction of sp³-hybridized carbons (Fsp3) is 0.391. The van der Waals surface area contributed by atoms with E-state index in [1.165, 1.54) is 5.56 Å². The summed E-state index contributed by atoms with van der Waals surface area (Å²) in [6.07, 6.45) is 6.22. The molecule has 4 rings (SSSR count). The highest BCUT2D eigenvalue weighted by atomic mass is 16.5. The molecule has 1 atom stereocenters. The number of aliphatic hydroxyl groups is 1. The van der Waals surface area contributed by atoms with Crippen LogP contribution in [-0.2, 0) is 20.2 Å². The number of imidazole rings is 1. The fourth-order valence-electron chi connectivity index (χ4n) is 3.97. The number of nitrogens with zero attached hydrogens (tertiary/aromatic N) is 5. The SMILES string of the molecule is CN(Cc1ccc(OCc2nccn2C)cc1)C[C@]1(O)CCN(c2ccccn2)C1. The second-order valence-corrected chi connectivity index (χ2v) is 8.14. The fourth-order valence-corrected chi connectivity index (χ4v) is 3.97. The van der Waals surface area contributed by atoms with Crippen molar-refractivity contribution in [2.45, 2.75) is 25.2 Å². The van der Waals surface area contributed by atoms with Gasteiger partial charge in [-0.1, -0.05) is 18.2 Å². The van der Waals surface area contributed by atoms with Crippen molar-refractivity contribution in [3.05, 3.63) is 72.4 Å². The van der Waals surface area contributed by atoms with E-state index >= 15 is 0 Å². The zero-order valence-electron chi connectivity index (χ0n) is 17.6. The molecule has 0 amide bonds. The van der Waals surface area contributed by atoms with E-state index in [9.17, 15) is 5.11 Å². The van der Waals surface area contributed by atoms with Gasteiger partial charge in [-0.2, -0.15) is 0 Å². The third-order valence-electron chi connectivity index (χ3n) is 5.53. The molecule has 0 bridgehead atoms. The molecular weight excluding hydrogens is 378 g/mol. The minimum absolute atomic E-state index is 0.447. The molecule has 158 valence electrons. The summed E-state index contributed by atoms with van der Waals surface area (Å²) in [5, 5.41) is 11.1. The molecule has 0 aliphatic carbocycles. The second-order valence-electron chi connectivity index (χ2n) is 8.14. The molecule has 3 aromatic rings. The molecule has 2 aromatic heterocycles. The van der Waals surface area contributed by atoms with Gasteiger partial charge in [-0.05, 0) is 43.3 Å². The lowest BCUT2D eigenvalue weighted by atomic mass is 10.0. The number of rotatable bonds is 8. The average molecular weight is 408 g/mol. The molecule has 1 aromatic carbocycles. The van der Waals surface area contributed by atoms with Crippen LogP contribution < -0.4 is 9.64 Å². The van der Waals surface area contributed by atoms with E-state index in [4.69, 9.17) is 4.74 Å². The lowest BCUT2D eigenvalue weighted by molar-refractivity contribution is 0.0279. The molecule has 1 aliphatic rings. The van der Waals surface area contributed by atoms with Crippen LogP contribution in [0.2, 0.25) is 0 Å². The molecule has 30 heavy (non-hydrogen) atoms. The van der Waals surface area contributed by atoms with E-state index in [1.54, 1.807) is 12.4 Å². The molecule has 1 N–H and O–H groups in total. The molecule has 3 heterocycles. The standard InChI is InChI=1S/C23H29N5O2/c1-26(17-23(29)10-13-28(18-23)21-5-3-4-11-24-21)15-19-6-8-20(9-7-19)30-16-22-25-12-14-27(22)2/h3-9,11-12,14,29H,10,13,15-18H2,1-2H3/t23-/m1/s1. The predicted octanol–water partition coefficient (Wildman–Crippen LogP) is 2.47. The zero-order valence-corrected chi connectivity index (χ0v) is 17.6. The number of aromatic nitrogens is 3. The minimum atomic E-state index is -0.725. The van der Waals surface area contributed by atoms with Gasteiger partial charge in [0.15, 0.2) is 0 Å². The van der Waals surface area contributed by atoms with E-state index in [1.807, 2.05) is 55.2 Å². The van der Waals surface area contributed by atoms with E-state index in [2.05, 4.69) is 31.9 Å². The minimum Gasteiger partial charge on any atom is -0.486 e. The Morgan fingerprint density at radius 1 is 1.13 bits per heavy atom. The van der Waals surface area contributed by atoms with Crippen molar-refractivity contribution in [1.29, 1.82) is 0 Å². The first-order chi connectivity index (χ1) is 14.5. The summed E-state index contributed by atoms with van der Waals surface area (Å²) in [4.78, 5) is 13.0. The lowest BCUT2D eigenvalue weighted by Crippen LogP contribution is -2.43. The zero-order chi connectivity index (χ0) is 21.0. The van der Waals surface area contributed by atoms with E-state index in [0.717, 1.165) is 36.9 Å². The van der Waals surface area contributed by atoms with E-state index in [0.29, 0.717) is 19.7 Å². The van der Waals surface area contributed by atoms with Gasteiger partial charge in [0, 0.05) is 51.8 Å². The molecule has 0 spiro atoms. The smallest absolute Gasteiger partial charge is 0.146 e. The van der Waals surface area contributed by atoms with Crippen LogP contribution in [0.5, 0.6) is 5.75 Å². The summed E-state index contributed by atoms with van der Waals surface area (Å²) >= 11 is 0. The van der Waals surface area contributed by atoms with Crippen LogP contribution in [0.25, 0.3) is 0 Å². The van der Waals surface area contributed by atoms with Crippen LogP contribution in [0.3, 0.4) is 0 Å². The molecule has 1 aliphatic heterocycles. The quantitative estimate of drug-likeness (QED) is 0.619. The molecule has 7 heteroatoms. The van der Waals surface area contributed by atoms with E-state index in [-0.39, 0.29) is 0 Å². The Kier molecular flexibility index (Phi) is 6.01. The first-order valence-corrected chi connectivity index (χ1v) is 10.3. The Morgan fingerprint density at radius 2 is 1.97 bits per heavy atom. The highest BCUT2D eigenvalue weighted by Crippen LogP contribution is 2.26. The number of hydrogen-bond donors (Lipinski definition) is 1. The predicted molar refractivity (Wildman–Crippen MR) is 116 cm³/mol. The number of benzene rings is 1. The first-order valence-electron chi connectivity index (χ1n) is 10.3. The normalized spacial score (nSPS) is 18.9. The number of pyridine rings is 1. The third kappa shape index (κ3) is 4.98. The molecular formula is C23H29N5O2. The summed E-state index contributed by atoms with van der Waals surface area (Å²) in [5.41, 5.74) is 0.460. The van der Waals surface area contributed by atoms with Gasteiger partial charge in [0.25, 0.3) is 0 Å². The van der Waals surface area contributed by atoms with Crippen LogP contribution in [0, 0.1) is 0 Å². The molecule has 0 saturated carbocycles. The number of ether oxygens (including phenoxy) is 1. The van der Waals surface area contributed by atoms with Gasteiger partial charge in [0.05, 0.1) is 5.60 Å². The largest absolute Gasteiger partial charge is 0.486 e. The molecule has 7 nitrogen and oxygen atoms in total. The van der Waals surface area contributed by atoms with Gasteiger partial charge >= 0.3 is 0 Å². The first kappa shape index (κ1) is 20.4. The summed E-state index contributed by atoms with van der Waals surface area (Å²) in [6.45, 7) is 3.26. The monoisotopic (exact) mass is 407 g/mol. The van der Waals surface area contributed by atoms with Gasteiger partial charge in [-0.15, -0.1) is 0 Å². The summed E-state index contributed by atoms with van der Waals surface area (Å²) in [6, 6.07) is 14.0. The molecule has 0 unspecified atom stereocenters.